The van der Waals surface area contributed by atoms with Gasteiger partial charge in [0.1, 0.15) is 5.82 Å². The van der Waals surface area contributed by atoms with E-state index in [1.165, 1.54) is 12.0 Å². The number of hydrogen-bond donors (Lipinski definition) is 2. The first-order valence-electron chi connectivity index (χ1n) is 8.04. The van der Waals surface area contributed by atoms with Crippen LogP contribution in [0.2, 0.25) is 0 Å². The molecular weight excluding hydrogens is 266 g/mol. The zero-order chi connectivity index (χ0) is 14.3. The normalized spacial score (nSPS) is 21.0. The van der Waals surface area contributed by atoms with Gasteiger partial charge in [-0.3, -0.25) is 0 Å². The minimum Gasteiger partial charge on any atom is -0.379 e. The number of pyridine rings is 1. The highest BCUT2D eigenvalue weighted by molar-refractivity contribution is 5.46. The van der Waals surface area contributed by atoms with Gasteiger partial charge in [-0.2, -0.15) is 0 Å². The Hall–Kier alpha value is -1.17. The smallest absolute Gasteiger partial charge is 0.129 e. The number of nitrogens with zero attached hydrogens (tertiary/aromatic N) is 1. The fourth-order valence-electron chi connectivity index (χ4n) is 2.83. The molecule has 3 rings (SSSR count). The minimum atomic E-state index is 0.377. The van der Waals surface area contributed by atoms with Crippen molar-refractivity contribution in [2.45, 2.75) is 31.8 Å². The summed E-state index contributed by atoms with van der Waals surface area (Å²) in [4.78, 5) is 4.66. The first-order valence-corrected chi connectivity index (χ1v) is 8.04. The van der Waals surface area contributed by atoms with E-state index in [0.717, 1.165) is 50.4 Å². The number of rotatable bonds is 7. The van der Waals surface area contributed by atoms with Gasteiger partial charge in [0, 0.05) is 25.2 Å². The summed E-state index contributed by atoms with van der Waals surface area (Å²) in [6.45, 7) is 5.15. The van der Waals surface area contributed by atoms with Crippen LogP contribution < -0.4 is 10.6 Å². The average molecular weight is 291 g/mol. The molecule has 2 N–H and O–H groups in total. The number of nitrogens with one attached hydrogen (secondary N) is 2. The molecule has 0 radical (unpaired) electrons. The lowest BCUT2D eigenvalue weighted by molar-refractivity contribution is 0.0137. The van der Waals surface area contributed by atoms with E-state index in [-0.39, 0.29) is 0 Å². The molecule has 1 saturated heterocycles. The summed E-state index contributed by atoms with van der Waals surface area (Å²) in [5.74, 6) is 1.07. The minimum absolute atomic E-state index is 0.377. The van der Waals surface area contributed by atoms with Crippen molar-refractivity contribution in [2.24, 2.45) is 0 Å². The summed E-state index contributed by atoms with van der Waals surface area (Å²) in [7, 11) is 0. The molecule has 2 aliphatic rings. The molecule has 5 nitrogen and oxygen atoms in total. The Morgan fingerprint density at radius 2 is 2.19 bits per heavy atom. The molecule has 0 aliphatic carbocycles. The Morgan fingerprint density at radius 3 is 3.10 bits per heavy atom. The third-order valence-corrected chi connectivity index (χ3v) is 4.05. The maximum Gasteiger partial charge on any atom is 0.129 e. The molecule has 0 bridgehead atoms. The van der Waals surface area contributed by atoms with Crippen molar-refractivity contribution < 1.29 is 9.47 Å². The Bertz CT molecular complexity index is 447. The van der Waals surface area contributed by atoms with Crippen molar-refractivity contribution in [3.8, 4) is 0 Å². The zero-order valence-corrected chi connectivity index (χ0v) is 12.6. The summed E-state index contributed by atoms with van der Waals surface area (Å²) < 4.78 is 11.4. The second-order valence-corrected chi connectivity index (χ2v) is 5.69. The maximum atomic E-state index is 5.72. The van der Waals surface area contributed by atoms with Gasteiger partial charge in [0.25, 0.3) is 0 Å². The number of aromatic nitrogens is 1. The van der Waals surface area contributed by atoms with Crippen LogP contribution in [0.5, 0.6) is 0 Å². The number of aryl methyl sites for hydroxylation is 1. The second kappa shape index (κ2) is 7.73. The highest BCUT2D eigenvalue weighted by Gasteiger charge is 2.14. The molecule has 3 heterocycles. The second-order valence-electron chi connectivity index (χ2n) is 5.69. The van der Waals surface area contributed by atoms with Crippen molar-refractivity contribution in [2.75, 3.05) is 44.8 Å². The van der Waals surface area contributed by atoms with Gasteiger partial charge in [0.2, 0.25) is 0 Å². The SMILES string of the molecule is c1cc2c(nc1CCOCCO[C@@H]1CCNC1)NCCC2. The van der Waals surface area contributed by atoms with E-state index < -0.39 is 0 Å². The van der Waals surface area contributed by atoms with Gasteiger partial charge in [-0.1, -0.05) is 6.07 Å². The van der Waals surface area contributed by atoms with Crippen LogP contribution in [-0.2, 0) is 22.3 Å². The van der Waals surface area contributed by atoms with E-state index in [4.69, 9.17) is 9.47 Å². The van der Waals surface area contributed by atoms with E-state index in [0.29, 0.717) is 25.9 Å². The average Bonchev–Trinajstić information content (AvgIpc) is 3.04. The van der Waals surface area contributed by atoms with Crippen LogP contribution in [0.3, 0.4) is 0 Å². The summed E-state index contributed by atoms with van der Waals surface area (Å²) >= 11 is 0. The molecule has 0 amide bonds. The van der Waals surface area contributed by atoms with Crippen LogP contribution in [0.15, 0.2) is 12.1 Å². The van der Waals surface area contributed by atoms with Gasteiger partial charge in [0.15, 0.2) is 0 Å². The van der Waals surface area contributed by atoms with Gasteiger partial charge < -0.3 is 20.1 Å². The lowest BCUT2D eigenvalue weighted by Gasteiger charge is -2.17. The van der Waals surface area contributed by atoms with Crippen molar-refractivity contribution in [3.05, 3.63) is 23.4 Å². The molecule has 1 aromatic heterocycles. The molecule has 0 saturated carbocycles. The number of ether oxygens (including phenoxy) is 2. The predicted molar refractivity (Wildman–Crippen MR) is 82.8 cm³/mol. The van der Waals surface area contributed by atoms with Crippen LogP contribution in [0, 0.1) is 0 Å². The van der Waals surface area contributed by atoms with Crippen LogP contribution in [0.25, 0.3) is 0 Å². The third-order valence-electron chi connectivity index (χ3n) is 4.05. The van der Waals surface area contributed by atoms with Crippen LogP contribution in [0.1, 0.15) is 24.1 Å². The van der Waals surface area contributed by atoms with E-state index in [9.17, 15) is 0 Å². The van der Waals surface area contributed by atoms with E-state index in [1.54, 1.807) is 0 Å². The first kappa shape index (κ1) is 14.8. The molecule has 21 heavy (non-hydrogen) atoms. The Labute approximate surface area is 126 Å². The molecule has 2 aliphatic heterocycles. The maximum absolute atomic E-state index is 5.72. The lowest BCUT2D eigenvalue weighted by atomic mass is 10.1. The molecule has 0 aromatic carbocycles. The molecule has 0 spiro atoms. The van der Waals surface area contributed by atoms with Crippen molar-refractivity contribution in [1.29, 1.82) is 0 Å². The molecule has 1 fully saturated rings. The van der Waals surface area contributed by atoms with E-state index in [1.807, 2.05) is 0 Å². The standard InChI is InChI=1S/C16H25N3O2/c1-2-13-3-4-14(19-16(13)18-7-1)6-9-20-10-11-21-15-5-8-17-12-15/h3-4,15,17H,1-2,5-12H2,(H,18,19)/t15-/m1/s1. The summed E-state index contributed by atoms with van der Waals surface area (Å²) in [5, 5.41) is 6.66. The quantitative estimate of drug-likeness (QED) is 0.743. The van der Waals surface area contributed by atoms with Gasteiger partial charge in [-0.25, -0.2) is 4.98 Å². The fourth-order valence-corrected chi connectivity index (χ4v) is 2.83. The zero-order valence-electron chi connectivity index (χ0n) is 12.6. The summed E-state index contributed by atoms with van der Waals surface area (Å²) in [6, 6.07) is 4.32. The van der Waals surface area contributed by atoms with Crippen LogP contribution in [0.4, 0.5) is 5.82 Å². The molecule has 0 unspecified atom stereocenters. The third kappa shape index (κ3) is 4.40. The van der Waals surface area contributed by atoms with Crippen molar-refractivity contribution >= 4 is 5.82 Å². The number of hydrogen-bond acceptors (Lipinski definition) is 5. The summed E-state index contributed by atoms with van der Waals surface area (Å²) in [5.41, 5.74) is 2.44. The monoisotopic (exact) mass is 291 g/mol. The van der Waals surface area contributed by atoms with Gasteiger partial charge in [-0.15, -0.1) is 0 Å². The number of fused-ring (bicyclic) bond motifs is 1. The molecule has 1 aromatic rings. The summed E-state index contributed by atoms with van der Waals surface area (Å²) in [6.07, 6.45) is 4.70. The van der Waals surface area contributed by atoms with Gasteiger partial charge in [0.05, 0.1) is 25.9 Å². The van der Waals surface area contributed by atoms with Crippen molar-refractivity contribution in [3.63, 3.8) is 0 Å². The largest absolute Gasteiger partial charge is 0.379 e. The lowest BCUT2D eigenvalue weighted by Crippen LogP contribution is -2.19. The number of anilines is 1. The van der Waals surface area contributed by atoms with Crippen LogP contribution in [-0.4, -0.2) is 50.5 Å². The first-order chi connectivity index (χ1) is 10.4. The van der Waals surface area contributed by atoms with Gasteiger partial charge in [-0.05, 0) is 37.4 Å². The Morgan fingerprint density at radius 1 is 1.19 bits per heavy atom. The topological polar surface area (TPSA) is 55.4 Å². The van der Waals surface area contributed by atoms with Gasteiger partial charge >= 0.3 is 0 Å². The van der Waals surface area contributed by atoms with Crippen molar-refractivity contribution in [1.82, 2.24) is 10.3 Å². The Balaban J connectivity index is 1.31. The Kier molecular flexibility index (Phi) is 5.43. The highest BCUT2D eigenvalue weighted by Crippen LogP contribution is 2.19. The fraction of sp³-hybridized carbons (Fsp3) is 0.688. The molecule has 5 heteroatoms. The van der Waals surface area contributed by atoms with Crippen LogP contribution >= 0.6 is 0 Å². The molecular formula is C16H25N3O2. The van der Waals surface area contributed by atoms with E-state index >= 15 is 0 Å². The highest BCUT2D eigenvalue weighted by atomic mass is 16.5. The van der Waals surface area contributed by atoms with E-state index in [2.05, 4.69) is 27.8 Å². The molecule has 116 valence electrons. The molecule has 1 atom stereocenters. The predicted octanol–water partition coefficient (Wildman–Crippen LogP) is 1.38.